The van der Waals surface area contributed by atoms with Crippen molar-refractivity contribution in [2.24, 2.45) is 0 Å². The Kier molecular flexibility index (Phi) is 5.29. The molecule has 1 aromatic carbocycles. The summed E-state index contributed by atoms with van der Waals surface area (Å²) < 4.78 is 24.0. The first-order valence-electron chi connectivity index (χ1n) is 6.29. The van der Waals surface area contributed by atoms with Crippen LogP contribution in [-0.2, 0) is 19.4 Å². The second kappa shape index (κ2) is 6.71. The number of sulfone groups is 1. The summed E-state index contributed by atoms with van der Waals surface area (Å²) in [5.41, 5.74) is 0.451. The van der Waals surface area contributed by atoms with E-state index >= 15 is 0 Å². The van der Waals surface area contributed by atoms with Crippen LogP contribution in [0.1, 0.15) is 0 Å². The number of anilines is 1. The predicted molar refractivity (Wildman–Crippen MR) is 90.5 cm³/mol. The van der Waals surface area contributed by atoms with Crippen molar-refractivity contribution in [2.75, 3.05) is 24.7 Å². The average molecular weight is 468 g/mol. The minimum atomic E-state index is -3.39. The molecule has 2 N–H and O–H groups in total. The maximum absolute atomic E-state index is 12.1. The summed E-state index contributed by atoms with van der Waals surface area (Å²) in [5.74, 6) is -1.08. The smallest absolute Gasteiger partial charge is 0.277 e. The van der Waals surface area contributed by atoms with Crippen molar-refractivity contribution in [3.63, 3.8) is 0 Å². The van der Waals surface area contributed by atoms with Crippen LogP contribution in [-0.4, -0.2) is 49.6 Å². The van der Waals surface area contributed by atoms with Gasteiger partial charge in [-0.05, 0) is 44.0 Å². The van der Waals surface area contributed by atoms with E-state index < -0.39 is 21.7 Å². The Morgan fingerprint density at radius 3 is 2.26 bits per heavy atom. The Bertz CT molecular complexity index is 797. The summed E-state index contributed by atoms with van der Waals surface area (Å²) in [6, 6.07) is 2.80. The summed E-state index contributed by atoms with van der Waals surface area (Å²) in [7, 11) is -3.39. The first kappa shape index (κ1) is 18.1. The summed E-state index contributed by atoms with van der Waals surface area (Å²) in [5, 5.41) is 11.7. The molecule has 0 fully saturated rings. The predicted octanol–water partition coefficient (Wildman–Crippen LogP) is 1.27. The van der Waals surface area contributed by atoms with Crippen molar-refractivity contribution in [2.45, 2.75) is 4.90 Å². The molecule has 0 unspecified atom stereocenters. The van der Waals surface area contributed by atoms with E-state index in [0.717, 1.165) is 17.2 Å². The lowest BCUT2D eigenvalue weighted by Crippen LogP contribution is -2.34. The van der Waals surface area contributed by atoms with E-state index in [4.69, 9.17) is 5.11 Å². The molecule has 0 spiro atoms. The van der Waals surface area contributed by atoms with Gasteiger partial charge in [0.25, 0.3) is 11.8 Å². The van der Waals surface area contributed by atoms with Crippen LogP contribution in [0.4, 0.5) is 5.69 Å². The zero-order valence-electron chi connectivity index (χ0n) is 11.8. The summed E-state index contributed by atoms with van der Waals surface area (Å²) in [6.07, 6.45) is 2.21. The van der Waals surface area contributed by atoms with E-state index in [-0.39, 0.29) is 23.7 Å². The Labute approximate surface area is 149 Å². The van der Waals surface area contributed by atoms with Gasteiger partial charge in [-0.3, -0.25) is 14.5 Å². The van der Waals surface area contributed by atoms with Crippen LogP contribution in [0.3, 0.4) is 0 Å². The molecule has 1 heterocycles. The van der Waals surface area contributed by atoms with E-state index in [0.29, 0.717) is 14.6 Å². The van der Waals surface area contributed by atoms with Gasteiger partial charge < -0.3 is 10.4 Å². The molecule has 0 atom stereocenters. The van der Waals surface area contributed by atoms with Gasteiger partial charge in [-0.15, -0.1) is 0 Å². The molecule has 2 rings (SSSR count). The fourth-order valence-corrected chi connectivity index (χ4v) is 4.28. The van der Waals surface area contributed by atoms with Crippen molar-refractivity contribution in [3.05, 3.63) is 32.9 Å². The zero-order chi connectivity index (χ0) is 17.4. The van der Waals surface area contributed by atoms with E-state index in [1.54, 1.807) is 0 Å². The number of rotatable bonds is 5. The summed E-state index contributed by atoms with van der Waals surface area (Å²) >= 11 is 6.49. The number of carbonyl (C=O) groups is 2. The number of hydrogen-bond acceptors (Lipinski definition) is 6. The van der Waals surface area contributed by atoms with Crippen LogP contribution in [0.2, 0.25) is 0 Å². The van der Waals surface area contributed by atoms with Gasteiger partial charge in [0.05, 0.1) is 23.7 Å². The third-order valence-corrected chi connectivity index (χ3v) is 5.38. The Hall–Kier alpha value is -1.23. The third-order valence-electron chi connectivity index (χ3n) is 3.04. The van der Waals surface area contributed by atoms with Gasteiger partial charge in [-0.2, -0.15) is 0 Å². The molecule has 1 aromatic rings. The number of nitrogens with zero attached hydrogens (tertiary/aromatic N) is 1. The largest absolute Gasteiger partial charge is 0.395 e. The monoisotopic (exact) mass is 466 g/mol. The molecule has 0 bridgehead atoms. The fraction of sp³-hybridized carbons (Fsp3) is 0.231. The van der Waals surface area contributed by atoms with E-state index in [2.05, 4.69) is 37.2 Å². The highest BCUT2D eigenvalue weighted by atomic mass is 79.9. The van der Waals surface area contributed by atoms with E-state index in [1.165, 1.54) is 12.1 Å². The molecule has 7 nitrogen and oxygen atoms in total. The third kappa shape index (κ3) is 3.82. The maximum atomic E-state index is 12.1. The van der Waals surface area contributed by atoms with Crippen molar-refractivity contribution < 1.29 is 23.1 Å². The van der Waals surface area contributed by atoms with Crippen LogP contribution in [0.5, 0.6) is 0 Å². The van der Waals surface area contributed by atoms with Crippen molar-refractivity contribution in [1.29, 1.82) is 0 Å². The van der Waals surface area contributed by atoms with Crippen LogP contribution < -0.4 is 5.32 Å². The van der Waals surface area contributed by atoms with Gasteiger partial charge in [-0.1, -0.05) is 0 Å². The maximum Gasteiger partial charge on any atom is 0.277 e. The first-order chi connectivity index (χ1) is 10.6. The quantitative estimate of drug-likeness (QED) is 0.632. The zero-order valence-corrected chi connectivity index (χ0v) is 15.8. The van der Waals surface area contributed by atoms with Crippen LogP contribution in [0, 0.1) is 0 Å². The van der Waals surface area contributed by atoms with Crippen molar-refractivity contribution in [1.82, 2.24) is 4.90 Å². The molecule has 0 saturated heterocycles. The molecular formula is C13H12Br2N2O5S. The summed E-state index contributed by atoms with van der Waals surface area (Å²) in [6.45, 7) is -0.413. The van der Waals surface area contributed by atoms with E-state index in [9.17, 15) is 18.0 Å². The number of aliphatic hydroxyl groups excluding tert-OH is 1. The normalized spacial score (nSPS) is 15.1. The second-order valence-corrected chi connectivity index (χ2v) is 8.46. The topological polar surface area (TPSA) is 104 Å². The number of imide groups is 1. The van der Waals surface area contributed by atoms with Gasteiger partial charge in [0.15, 0.2) is 9.84 Å². The number of benzene rings is 1. The van der Waals surface area contributed by atoms with Gasteiger partial charge >= 0.3 is 0 Å². The minimum absolute atomic E-state index is 0.0388. The van der Waals surface area contributed by atoms with Crippen LogP contribution >= 0.6 is 31.9 Å². The number of aliphatic hydroxyl groups is 1. The van der Waals surface area contributed by atoms with Gasteiger partial charge in [-0.25, -0.2) is 8.42 Å². The van der Waals surface area contributed by atoms with Gasteiger partial charge in [0.2, 0.25) is 0 Å². The molecule has 10 heteroatoms. The number of β-amino-alcohol motifs (C(OH)–C–C–N with tert-alkyl or cyclic N) is 1. The highest BCUT2D eigenvalue weighted by molar-refractivity contribution is 9.11. The molecule has 0 aromatic heterocycles. The highest BCUT2D eigenvalue weighted by Gasteiger charge is 2.31. The standard InChI is InChI=1S/C13H12Br2N2O5S/c1-23(21,22)7-4-8(14)12(9(15)5-7)16-10-6-11(19)17(2-3-18)13(10)20/h4-6,16,18H,2-3H2,1H3. The average Bonchev–Trinajstić information content (AvgIpc) is 2.69. The number of amides is 2. The van der Waals surface area contributed by atoms with Gasteiger partial charge in [0.1, 0.15) is 5.70 Å². The lowest BCUT2D eigenvalue weighted by molar-refractivity contribution is -0.137. The Balaban J connectivity index is 2.34. The molecule has 0 aliphatic carbocycles. The molecule has 0 radical (unpaired) electrons. The van der Waals surface area contributed by atoms with Gasteiger partial charge in [0, 0.05) is 21.3 Å². The highest BCUT2D eigenvalue weighted by Crippen LogP contribution is 2.35. The van der Waals surface area contributed by atoms with E-state index in [1.807, 2.05) is 0 Å². The molecule has 124 valence electrons. The number of carbonyl (C=O) groups excluding carboxylic acids is 2. The lowest BCUT2D eigenvalue weighted by atomic mass is 10.3. The number of halogens is 2. The van der Waals surface area contributed by atoms with Crippen LogP contribution in [0.15, 0.2) is 37.7 Å². The second-order valence-electron chi connectivity index (χ2n) is 4.74. The minimum Gasteiger partial charge on any atom is -0.395 e. The molecule has 0 saturated carbocycles. The molecular weight excluding hydrogens is 456 g/mol. The first-order valence-corrected chi connectivity index (χ1v) is 9.77. The molecule has 1 aliphatic heterocycles. The SMILES string of the molecule is CS(=O)(=O)c1cc(Br)c(NC2=CC(=O)N(CCO)C2=O)c(Br)c1. The Morgan fingerprint density at radius 1 is 1.22 bits per heavy atom. The lowest BCUT2D eigenvalue weighted by Gasteiger charge is -2.15. The van der Waals surface area contributed by atoms with Crippen molar-refractivity contribution >= 4 is 59.2 Å². The van der Waals surface area contributed by atoms with Crippen molar-refractivity contribution in [3.8, 4) is 0 Å². The summed E-state index contributed by atoms with van der Waals surface area (Å²) in [4.78, 5) is 24.8. The molecule has 2 amide bonds. The molecule has 23 heavy (non-hydrogen) atoms. The molecule has 1 aliphatic rings. The number of hydrogen-bond donors (Lipinski definition) is 2. The number of nitrogens with one attached hydrogen (secondary N) is 1. The fourth-order valence-electron chi connectivity index (χ4n) is 1.93. The van der Waals surface area contributed by atoms with Crippen LogP contribution in [0.25, 0.3) is 0 Å². The Morgan fingerprint density at radius 2 is 1.78 bits per heavy atom.